The highest BCUT2D eigenvalue weighted by Gasteiger charge is 2.27. The molecule has 0 amide bonds. The molecule has 6 heteroatoms. The van der Waals surface area contributed by atoms with Gasteiger partial charge in [-0.05, 0) is 26.0 Å². The molecule has 1 fully saturated rings. The Labute approximate surface area is 129 Å². The van der Waals surface area contributed by atoms with Crippen LogP contribution in [0.3, 0.4) is 0 Å². The van der Waals surface area contributed by atoms with Crippen LogP contribution in [0.2, 0.25) is 5.02 Å². The van der Waals surface area contributed by atoms with Gasteiger partial charge in [0.1, 0.15) is 6.33 Å². The predicted octanol–water partition coefficient (Wildman–Crippen LogP) is 2.67. The molecule has 3 rings (SSSR count). The van der Waals surface area contributed by atoms with Crippen LogP contribution in [0.4, 0.5) is 0 Å². The van der Waals surface area contributed by atoms with Gasteiger partial charge < -0.3 is 4.74 Å². The van der Waals surface area contributed by atoms with Crippen molar-refractivity contribution in [3.8, 4) is 11.4 Å². The number of rotatable bonds is 3. The molecular weight excluding hydrogens is 288 g/mol. The van der Waals surface area contributed by atoms with Gasteiger partial charge in [-0.2, -0.15) is 5.10 Å². The molecule has 2 heterocycles. The Morgan fingerprint density at radius 3 is 2.90 bits per heavy atom. The lowest BCUT2D eigenvalue weighted by Crippen LogP contribution is -2.48. The van der Waals surface area contributed by atoms with Crippen LogP contribution in [-0.4, -0.2) is 45.0 Å². The quantitative estimate of drug-likeness (QED) is 0.874. The number of ether oxygens (including phenoxy) is 1. The van der Waals surface area contributed by atoms with Gasteiger partial charge in [0.2, 0.25) is 0 Å². The molecule has 0 radical (unpaired) electrons. The van der Waals surface area contributed by atoms with E-state index >= 15 is 0 Å². The number of benzene rings is 1. The Bertz CT molecular complexity index is 626. The van der Waals surface area contributed by atoms with Gasteiger partial charge in [-0.15, -0.1) is 0 Å². The number of morpholine rings is 1. The third-order valence-corrected chi connectivity index (χ3v) is 3.90. The molecule has 2 aromatic rings. The lowest BCUT2D eigenvalue weighted by molar-refractivity contribution is -0.0944. The minimum atomic E-state index is -0.122. The Morgan fingerprint density at radius 2 is 2.14 bits per heavy atom. The van der Waals surface area contributed by atoms with Crippen LogP contribution in [0.15, 0.2) is 30.6 Å². The van der Waals surface area contributed by atoms with Gasteiger partial charge in [0.15, 0.2) is 5.82 Å². The minimum absolute atomic E-state index is 0.122. The van der Waals surface area contributed by atoms with Gasteiger partial charge in [0.25, 0.3) is 0 Å². The molecule has 0 atom stereocenters. The van der Waals surface area contributed by atoms with E-state index in [1.807, 2.05) is 28.9 Å². The lowest BCUT2D eigenvalue weighted by Gasteiger charge is -2.38. The van der Waals surface area contributed by atoms with E-state index in [1.54, 1.807) is 6.33 Å². The first kappa shape index (κ1) is 14.5. The summed E-state index contributed by atoms with van der Waals surface area (Å²) in [6.45, 7) is 7.40. The molecule has 0 saturated carbocycles. The fraction of sp³-hybridized carbons (Fsp3) is 0.467. The molecule has 0 aliphatic carbocycles. The van der Waals surface area contributed by atoms with Crippen molar-refractivity contribution < 1.29 is 4.74 Å². The van der Waals surface area contributed by atoms with Crippen LogP contribution >= 0.6 is 11.6 Å². The number of aromatic nitrogens is 3. The summed E-state index contributed by atoms with van der Waals surface area (Å²) in [6.07, 6.45) is 1.57. The van der Waals surface area contributed by atoms with E-state index in [1.165, 1.54) is 0 Å². The molecule has 112 valence electrons. The van der Waals surface area contributed by atoms with Crippen LogP contribution in [0.5, 0.6) is 0 Å². The highest BCUT2D eigenvalue weighted by molar-refractivity contribution is 6.33. The summed E-state index contributed by atoms with van der Waals surface area (Å²) in [5, 5.41) is 5.03. The maximum Gasteiger partial charge on any atom is 0.160 e. The largest absolute Gasteiger partial charge is 0.373 e. The first-order valence-electron chi connectivity index (χ1n) is 7.04. The van der Waals surface area contributed by atoms with E-state index in [0.717, 1.165) is 31.1 Å². The lowest BCUT2D eigenvalue weighted by atomic mass is 10.1. The molecule has 1 aliphatic rings. The van der Waals surface area contributed by atoms with E-state index in [9.17, 15) is 0 Å². The second-order valence-electron chi connectivity index (χ2n) is 5.87. The zero-order chi connectivity index (χ0) is 14.9. The van der Waals surface area contributed by atoms with Crippen molar-refractivity contribution in [1.29, 1.82) is 0 Å². The standard InChI is InChI=1S/C15H19ClN4O/c1-15(2)9-19(7-8-21-15)11-20-14(17-10-18-20)12-5-3-4-6-13(12)16/h3-6,10H,7-9,11H2,1-2H3. The van der Waals surface area contributed by atoms with E-state index in [4.69, 9.17) is 16.3 Å². The van der Waals surface area contributed by atoms with Crippen molar-refractivity contribution in [3.63, 3.8) is 0 Å². The van der Waals surface area contributed by atoms with Crippen LogP contribution in [-0.2, 0) is 11.4 Å². The topological polar surface area (TPSA) is 43.2 Å². The van der Waals surface area contributed by atoms with Gasteiger partial charge in [-0.25, -0.2) is 9.67 Å². The molecule has 5 nitrogen and oxygen atoms in total. The van der Waals surface area contributed by atoms with E-state index < -0.39 is 0 Å². The van der Waals surface area contributed by atoms with Gasteiger partial charge in [-0.1, -0.05) is 23.7 Å². The molecule has 1 aliphatic heterocycles. The maximum atomic E-state index is 6.26. The van der Waals surface area contributed by atoms with Gasteiger partial charge in [-0.3, -0.25) is 4.90 Å². The number of halogens is 1. The molecule has 0 N–H and O–H groups in total. The zero-order valence-electron chi connectivity index (χ0n) is 12.3. The summed E-state index contributed by atoms with van der Waals surface area (Å²) in [5.74, 6) is 0.796. The SMILES string of the molecule is CC1(C)CN(Cn2ncnc2-c2ccccc2Cl)CCO1. The Morgan fingerprint density at radius 1 is 1.33 bits per heavy atom. The molecule has 0 bridgehead atoms. The van der Waals surface area contributed by atoms with Crippen molar-refractivity contribution in [2.45, 2.75) is 26.1 Å². The summed E-state index contributed by atoms with van der Waals surface area (Å²) in [6, 6.07) is 7.70. The monoisotopic (exact) mass is 306 g/mol. The minimum Gasteiger partial charge on any atom is -0.373 e. The van der Waals surface area contributed by atoms with Gasteiger partial charge in [0, 0.05) is 18.7 Å². The smallest absolute Gasteiger partial charge is 0.160 e. The van der Waals surface area contributed by atoms with Crippen LogP contribution in [0, 0.1) is 0 Å². The second-order valence-corrected chi connectivity index (χ2v) is 6.27. The number of nitrogens with zero attached hydrogens (tertiary/aromatic N) is 4. The molecule has 0 unspecified atom stereocenters. The van der Waals surface area contributed by atoms with Gasteiger partial charge >= 0.3 is 0 Å². The van der Waals surface area contributed by atoms with Crippen molar-refractivity contribution >= 4 is 11.6 Å². The number of hydrogen-bond acceptors (Lipinski definition) is 4. The fourth-order valence-electron chi connectivity index (χ4n) is 2.64. The first-order chi connectivity index (χ1) is 10.1. The molecule has 21 heavy (non-hydrogen) atoms. The van der Waals surface area contributed by atoms with Crippen molar-refractivity contribution in [2.75, 3.05) is 19.7 Å². The summed E-state index contributed by atoms with van der Waals surface area (Å²) < 4.78 is 7.63. The first-order valence-corrected chi connectivity index (χ1v) is 7.42. The summed E-state index contributed by atoms with van der Waals surface area (Å²) in [7, 11) is 0. The van der Waals surface area contributed by atoms with Crippen molar-refractivity contribution in [2.24, 2.45) is 0 Å². The molecule has 1 aromatic carbocycles. The average Bonchev–Trinajstić information content (AvgIpc) is 2.86. The summed E-state index contributed by atoms with van der Waals surface area (Å²) >= 11 is 6.26. The Hall–Kier alpha value is -1.43. The third kappa shape index (κ3) is 3.26. The Balaban J connectivity index is 1.82. The normalized spacial score (nSPS) is 18.8. The molecule has 0 spiro atoms. The summed E-state index contributed by atoms with van der Waals surface area (Å²) in [5.41, 5.74) is 0.785. The molecule has 1 saturated heterocycles. The van der Waals surface area contributed by atoms with Gasteiger partial charge in [0.05, 0.1) is 23.9 Å². The number of hydrogen-bond donors (Lipinski definition) is 0. The van der Waals surface area contributed by atoms with E-state index in [-0.39, 0.29) is 5.60 Å². The highest BCUT2D eigenvalue weighted by atomic mass is 35.5. The summed E-state index contributed by atoms with van der Waals surface area (Å²) in [4.78, 5) is 6.68. The fourth-order valence-corrected chi connectivity index (χ4v) is 2.86. The van der Waals surface area contributed by atoms with Crippen molar-refractivity contribution in [3.05, 3.63) is 35.6 Å². The van der Waals surface area contributed by atoms with Crippen molar-refractivity contribution in [1.82, 2.24) is 19.7 Å². The maximum absolute atomic E-state index is 6.26. The van der Waals surface area contributed by atoms with E-state index in [2.05, 4.69) is 28.8 Å². The zero-order valence-corrected chi connectivity index (χ0v) is 13.0. The van der Waals surface area contributed by atoms with Crippen LogP contribution in [0.25, 0.3) is 11.4 Å². The average molecular weight is 307 g/mol. The second kappa shape index (κ2) is 5.75. The van der Waals surface area contributed by atoms with Crippen LogP contribution in [0.1, 0.15) is 13.8 Å². The highest BCUT2D eigenvalue weighted by Crippen LogP contribution is 2.26. The van der Waals surface area contributed by atoms with E-state index in [0.29, 0.717) is 11.7 Å². The predicted molar refractivity (Wildman–Crippen MR) is 82.1 cm³/mol. The molecule has 1 aromatic heterocycles. The third-order valence-electron chi connectivity index (χ3n) is 3.57. The van der Waals surface area contributed by atoms with Crippen LogP contribution < -0.4 is 0 Å². The molecular formula is C15H19ClN4O. The Kier molecular flexibility index (Phi) is 3.97.